The standard InChI is InChI=1S/C15H17N3OS2/c1-8(2)18-14(19)12-10-5-4-6-11(10)21-13(12)17-15(18)20-9(3)7-16/h8-9H,4-6H2,1-3H3. The summed E-state index contributed by atoms with van der Waals surface area (Å²) in [7, 11) is 0. The molecule has 0 radical (unpaired) electrons. The predicted octanol–water partition coefficient (Wildman–Crippen LogP) is 3.53. The summed E-state index contributed by atoms with van der Waals surface area (Å²) in [5.74, 6) is 0. The lowest BCUT2D eigenvalue weighted by atomic mass is 10.2. The third-order valence-corrected chi connectivity index (χ3v) is 5.86. The summed E-state index contributed by atoms with van der Waals surface area (Å²) in [5.41, 5.74) is 1.27. The van der Waals surface area contributed by atoms with E-state index >= 15 is 0 Å². The quantitative estimate of drug-likeness (QED) is 0.641. The van der Waals surface area contributed by atoms with E-state index < -0.39 is 0 Å². The number of aromatic nitrogens is 2. The second-order valence-electron chi connectivity index (χ2n) is 5.59. The zero-order valence-electron chi connectivity index (χ0n) is 12.3. The molecule has 2 aromatic rings. The van der Waals surface area contributed by atoms with Crippen molar-refractivity contribution in [2.45, 2.75) is 56.5 Å². The Kier molecular flexibility index (Phi) is 3.80. The van der Waals surface area contributed by atoms with Gasteiger partial charge in [-0.3, -0.25) is 9.36 Å². The largest absolute Gasteiger partial charge is 0.284 e. The zero-order chi connectivity index (χ0) is 15.1. The lowest BCUT2D eigenvalue weighted by Crippen LogP contribution is -2.25. The first-order valence-corrected chi connectivity index (χ1v) is 8.85. The molecule has 110 valence electrons. The molecule has 2 aromatic heterocycles. The van der Waals surface area contributed by atoms with Crippen molar-refractivity contribution >= 4 is 33.3 Å². The van der Waals surface area contributed by atoms with Gasteiger partial charge in [0.05, 0.1) is 16.7 Å². The van der Waals surface area contributed by atoms with E-state index in [1.165, 1.54) is 22.2 Å². The van der Waals surface area contributed by atoms with Gasteiger partial charge in [0.2, 0.25) is 0 Å². The van der Waals surface area contributed by atoms with Crippen LogP contribution >= 0.6 is 23.1 Å². The van der Waals surface area contributed by atoms with Gasteiger partial charge in [-0.25, -0.2) is 4.98 Å². The number of nitriles is 1. The molecule has 0 fully saturated rings. The second kappa shape index (κ2) is 5.47. The molecule has 1 atom stereocenters. The Labute approximate surface area is 131 Å². The molecule has 4 nitrogen and oxygen atoms in total. The van der Waals surface area contributed by atoms with Crippen molar-refractivity contribution in [2.24, 2.45) is 0 Å². The normalized spacial score (nSPS) is 15.4. The van der Waals surface area contributed by atoms with E-state index in [9.17, 15) is 4.79 Å². The summed E-state index contributed by atoms with van der Waals surface area (Å²) in [6.07, 6.45) is 3.19. The molecular weight excluding hydrogens is 302 g/mol. The van der Waals surface area contributed by atoms with Gasteiger partial charge in [-0.1, -0.05) is 11.8 Å². The van der Waals surface area contributed by atoms with Gasteiger partial charge in [-0.2, -0.15) is 5.26 Å². The fraction of sp³-hybridized carbons (Fsp3) is 0.533. The van der Waals surface area contributed by atoms with Crippen molar-refractivity contribution in [1.29, 1.82) is 5.26 Å². The fourth-order valence-corrected chi connectivity index (χ4v) is 4.99. The van der Waals surface area contributed by atoms with Gasteiger partial charge in [0.25, 0.3) is 5.56 Å². The average Bonchev–Trinajstić information content (AvgIpc) is 2.97. The molecule has 1 aliphatic carbocycles. The maximum Gasteiger partial charge on any atom is 0.263 e. The average molecular weight is 319 g/mol. The number of rotatable bonds is 3. The van der Waals surface area contributed by atoms with Gasteiger partial charge >= 0.3 is 0 Å². The minimum atomic E-state index is -0.217. The van der Waals surface area contributed by atoms with Crippen LogP contribution in [0.3, 0.4) is 0 Å². The van der Waals surface area contributed by atoms with E-state index in [2.05, 4.69) is 6.07 Å². The Morgan fingerprint density at radius 1 is 1.38 bits per heavy atom. The van der Waals surface area contributed by atoms with E-state index in [-0.39, 0.29) is 16.9 Å². The summed E-state index contributed by atoms with van der Waals surface area (Å²) in [5, 5.41) is 10.3. The predicted molar refractivity (Wildman–Crippen MR) is 87.2 cm³/mol. The molecule has 0 spiro atoms. The highest BCUT2D eigenvalue weighted by atomic mass is 32.2. The van der Waals surface area contributed by atoms with Crippen LogP contribution in [0.1, 0.15) is 43.7 Å². The molecule has 0 amide bonds. The Morgan fingerprint density at radius 2 is 2.14 bits per heavy atom. The SMILES string of the molecule is CC(C#N)Sc1nc2sc3c(c2c(=O)n1C(C)C)CCC3. The summed E-state index contributed by atoms with van der Waals surface area (Å²) in [6.45, 7) is 5.81. The molecule has 1 unspecified atom stereocenters. The van der Waals surface area contributed by atoms with E-state index in [1.54, 1.807) is 15.9 Å². The molecule has 6 heteroatoms. The van der Waals surface area contributed by atoms with Crippen LogP contribution in [0.25, 0.3) is 10.2 Å². The van der Waals surface area contributed by atoms with E-state index in [4.69, 9.17) is 10.2 Å². The first kappa shape index (κ1) is 14.6. The van der Waals surface area contributed by atoms with Crippen LogP contribution in [0.4, 0.5) is 0 Å². The number of nitrogens with zero attached hydrogens (tertiary/aromatic N) is 3. The summed E-state index contributed by atoms with van der Waals surface area (Å²) < 4.78 is 1.74. The Bertz CT molecular complexity index is 798. The molecule has 0 aromatic carbocycles. The second-order valence-corrected chi connectivity index (χ2v) is 7.98. The number of hydrogen-bond acceptors (Lipinski definition) is 5. The van der Waals surface area contributed by atoms with Crippen LogP contribution in [0.2, 0.25) is 0 Å². The van der Waals surface area contributed by atoms with Gasteiger partial charge in [0.1, 0.15) is 4.83 Å². The monoisotopic (exact) mass is 319 g/mol. The van der Waals surface area contributed by atoms with Crippen molar-refractivity contribution in [1.82, 2.24) is 9.55 Å². The number of aryl methyl sites for hydroxylation is 2. The minimum absolute atomic E-state index is 0.0414. The topological polar surface area (TPSA) is 58.7 Å². The lowest BCUT2D eigenvalue weighted by molar-refractivity contribution is 0.519. The van der Waals surface area contributed by atoms with Crippen molar-refractivity contribution < 1.29 is 0 Å². The highest BCUT2D eigenvalue weighted by Crippen LogP contribution is 2.36. The molecule has 0 aliphatic heterocycles. The minimum Gasteiger partial charge on any atom is -0.284 e. The first-order chi connectivity index (χ1) is 10.0. The van der Waals surface area contributed by atoms with Crippen LogP contribution in [-0.2, 0) is 12.8 Å². The van der Waals surface area contributed by atoms with Crippen LogP contribution < -0.4 is 5.56 Å². The molecule has 21 heavy (non-hydrogen) atoms. The lowest BCUT2D eigenvalue weighted by Gasteiger charge is -2.15. The van der Waals surface area contributed by atoms with Gasteiger partial charge in [0.15, 0.2) is 5.16 Å². The Hall–Kier alpha value is -1.32. The molecule has 0 saturated heterocycles. The van der Waals surface area contributed by atoms with Gasteiger partial charge in [-0.05, 0) is 45.6 Å². The summed E-state index contributed by atoms with van der Waals surface area (Å²) in [6, 6.07) is 2.24. The third-order valence-electron chi connectivity index (χ3n) is 3.72. The van der Waals surface area contributed by atoms with Crippen LogP contribution in [-0.4, -0.2) is 14.8 Å². The molecular formula is C15H17N3OS2. The van der Waals surface area contributed by atoms with Crippen molar-refractivity contribution in [2.75, 3.05) is 0 Å². The van der Waals surface area contributed by atoms with Crippen LogP contribution in [0.15, 0.2) is 9.95 Å². The highest BCUT2D eigenvalue weighted by Gasteiger charge is 2.24. The summed E-state index contributed by atoms with van der Waals surface area (Å²) in [4.78, 5) is 19.8. The Morgan fingerprint density at radius 3 is 2.81 bits per heavy atom. The van der Waals surface area contributed by atoms with Crippen molar-refractivity contribution in [3.8, 4) is 6.07 Å². The van der Waals surface area contributed by atoms with Gasteiger partial charge in [-0.15, -0.1) is 11.3 Å². The number of hydrogen-bond donors (Lipinski definition) is 0. The molecule has 0 bridgehead atoms. The number of fused-ring (bicyclic) bond motifs is 3. The smallest absolute Gasteiger partial charge is 0.263 e. The van der Waals surface area contributed by atoms with Crippen molar-refractivity contribution in [3.63, 3.8) is 0 Å². The fourth-order valence-electron chi connectivity index (χ4n) is 2.76. The Balaban J connectivity index is 2.27. The van der Waals surface area contributed by atoms with Gasteiger partial charge in [0, 0.05) is 10.9 Å². The third kappa shape index (κ3) is 2.39. The molecule has 3 rings (SSSR count). The summed E-state index contributed by atoms with van der Waals surface area (Å²) >= 11 is 3.01. The number of thiophene rings is 1. The zero-order valence-corrected chi connectivity index (χ0v) is 14.0. The molecule has 1 aliphatic rings. The molecule has 2 heterocycles. The molecule has 0 saturated carbocycles. The molecule has 0 N–H and O–H groups in total. The highest BCUT2D eigenvalue weighted by molar-refractivity contribution is 8.00. The maximum atomic E-state index is 12.9. The van der Waals surface area contributed by atoms with E-state index in [1.807, 2.05) is 20.8 Å². The van der Waals surface area contributed by atoms with Gasteiger partial charge < -0.3 is 0 Å². The van der Waals surface area contributed by atoms with E-state index in [0.29, 0.717) is 5.16 Å². The number of thioether (sulfide) groups is 1. The first-order valence-electron chi connectivity index (χ1n) is 7.16. The maximum absolute atomic E-state index is 12.9. The van der Waals surface area contributed by atoms with E-state index in [0.717, 1.165) is 29.5 Å². The van der Waals surface area contributed by atoms with Crippen LogP contribution in [0, 0.1) is 11.3 Å². The van der Waals surface area contributed by atoms with Crippen LogP contribution in [0.5, 0.6) is 0 Å². The van der Waals surface area contributed by atoms with Crippen molar-refractivity contribution in [3.05, 3.63) is 20.8 Å².